The van der Waals surface area contributed by atoms with Crippen molar-refractivity contribution in [1.29, 1.82) is 0 Å². The predicted molar refractivity (Wildman–Crippen MR) is 45.8 cm³/mol. The highest BCUT2D eigenvalue weighted by molar-refractivity contribution is 5.94. The fourth-order valence-electron chi connectivity index (χ4n) is 1.02. The normalized spacial score (nSPS) is 10.6. The first-order chi connectivity index (χ1) is 6.43. The molecule has 1 rings (SSSR count). The van der Waals surface area contributed by atoms with Gasteiger partial charge in [-0.1, -0.05) is 0 Å². The third kappa shape index (κ3) is 1.86. The van der Waals surface area contributed by atoms with Crippen molar-refractivity contribution >= 4 is 11.5 Å². The highest BCUT2D eigenvalue weighted by atomic mass is 19.3. The molecule has 14 heavy (non-hydrogen) atoms. The van der Waals surface area contributed by atoms with Crippen LogP contribution in [0.1, 0.15) is 29.3 Å². The van der Waals surface area contributed by atoms with Gasteiger partial charge in [0, 0.05) is 11.1 Å². The Labute approximate surface area is 78.5 Å². The van der Waals surface area contributed by atoms with Gasteiger partial charge < -0.3 is 5.73 Å². The minimum Gasteiger partial charge on any atom is -0.396 e. The zero-order valence-electron chi connectivity index (χ0n) is 7.35. The molecule has 0 spiro atoms. The highest BCUT2D eigenvalue weighted by Gasteiger charge is 2.17. The van der Waals surface area contributed by atoms with Crippen LogP contribution >= 0.6 is 0 Å². The summed E-state index contributed by atoms with van der Waals surface area (Å²) in [5.74, 6) is -1.47. The third-order valence-electron chi connectivity index (χ3n) is 1.80. The minimum absolute atomic E-state index is 0.105. The van der Waals surface area contributed by atoms with Crippen LogP contribution in [0.15, 0.2) is 12.1 Å². The van der Waals surface area contributed by atoms with Gasteiger partial charge in [-0.05, 0) is 19.1 Å². The first-order valence-corrected chi connectivity index (χ1v) is 3.81. The van der Waals surface area contributed by atoms with Crippen molar-refractivity contribution in [2.75, 3.05) is 5.73 Å². The van der Waals surface area contributed by atoms with E-state index in [2.05, 4.69) is 0 Å². The average Bonchev–Trinajstić information content (AvgIpc) is 2.08. The summed E-state index contributed by atoms with van der Waals surface area (Å²) in [5.41, 5.74) is 3.73. The van der Waals surface area contributed by atoms with Gasteiger partial charge in [0.15, 0.2) is 5.78 Å². The molecule has 0 fully saturated rings. The maximum atomic E-state index is 12.9. The van der Waals surface area contributed by atoms with Crippen LogP contribution in [0, 0.1) is 5.82 Å². The molecular weight excluding hydrogens is 195 g/mol. The largest absolute Gasteiger partial charge is 0.396 e. The van der Waals surface area contributed by atoms with Crippen molar-refractivity contribution < 1.29 is 18.0 Å². The van der Waals surface area contributed by atoms with Crippen molar-refractivity contribution in [2.45, 2.75) is 13.3 Å². The van der Waals surface area contributed by atoms with E-state index in [1.807, 2.05) is 0 Å². The fourth-order valence-corrected chi connectivity index (χ4v) is 1.02. The molecule has 0 heterocycles. The summed E-state index contributed by atoms with van der Waals surface area (Å²) >= 11 is 0. The molecule has 2 N–H and O–H groups in total. The lowest BCUT2D eigenvalue weighted by Crippen LogP contribution is -2.03. The van der Waals surface area contributed by atoms with Crippen molar-refractivity contribution in [2.24, 2.45) is 0 Å². The zero-order chi connectivity index (χ0) is 10.9. The number of carbonyl (C=O) groups excluding carboxylic acids is 1. The van der Waals surface area contributed by atoms with Gasteiger partial charge in [0.25, 0.3) is 6.43 Å². The number of alkyl halides is 2. The van der Waals surface area contributed by atoms with Crippen LogP contribution in [-0.2, 0) is 0 Å². The summed E-state index contributed by atoms with van der Waals surface area (Å²) in [4.78, 5) is 10.8. The van der Waals surface area contributed by atoms with Gasteiger partial charge in [-0.3, -0.25) is 4.79 Å². The maximum Gasteiger partial charge on any atom is 0.265 e. The van der Waals surface area contributed by atoms with E-state index in [-0.39, 0.29) is 5.56 Å². The van der Waals surface area contributed by atoms with Crippen molar-refractivity contribution in [1.82, 2.24) is 0 Å². The number of anilines is 1. The number of Topliss-reactive ketones (excluding diaryl/α,β-unsaturated/α-hetero) is 1. The second-order valence-corrected chi connectivity index (χ2v) is 2.82. The van der Waals surface area contributed by atoms with Crippen LogP contribution in [0.4, 0.5) is 18.9 Å². The lowest BCUT2D eigenvalue weighted by molar-refractivity contribution is 0.101. The van der Waals surface area contributed by atoms with Crippen LogP contribution in [0.5, 0.6) is 0 Å². The van der Waals surface area contributed by atoms with E-state index in [1.165, 1.54) is 6.92 Å². The predicted octanol–water partition coefficient (Wildman–Crippen LogP) is 2.55. The number of rotatable bonds is 2. The minimum atomic E-state index is -2.89. The summed E-state index contributed by atoms with van der Waals surface area (Å²) in [6, 6.07) is 1.76. The fraction of sp³-hybridized carbons (Fsp3) is 0.222. The van der Waals surface area contributed by atoms with Crippen LogP contribution in [0.25, 0.3) is 0 Å². The molecular formula is C9H8F3NO. The van der Waals surface area contributed by atoms with Gasteiger partial charge in [-0.25, -0.2) is 13.2 Å². The molecule has 0 aliphatic rings. The third-order valence-corrected chi connectivity index (χ3v) is 1.80. The first-order valence-electron chi connectivity index (χ1n) is 3.81. The van der Waals surface area contributed by atoms with Crippen molar-refractivity contribution in [3.05, 3.63) is 29.1 Å². The number of benzene rings is 1. The molecule has 0 radical (unpaired) electrons. The Hall–Kier alpha value is -1.52. The Morgan fingerprint density at radius 3 is 2.43 bits per heavy atom. The molecule has 76 valence electrons. The molecule has 0 bridgehead atoms. The van der Waals surface area contributed by atoms with E-state index in [9.17, 15) is 18.0 Å². The Bertz CT molecular complexity index is 377. The van der Waals surface area contributed by atoms with Crippen molar-refractivity contribution in [3.8, 4) is 0 Å². The monoisotopic (exact) mass is 203 g/mol. The molecule has 0 unspecified atom stereocenters. The molecule has 1 aromatic carbocycles. The smallest absolute Gasteiger partial charge is 0.265 e. The van der Waals surface area contributed by atoms with Gasteiger partial charge in [-0.2, -0.15) is 0 Å². The molecule has 1 aromatic rings. The first kappa shape index (κ1) is 10.6. The average molecular weight is 203 g/mol. The van der Waals surface area contributed by atoms with Crippen LogP contribution < -0.4 is 5.73 Å². The zero-order valence-corrected chi connectivity index (χ0v) is 7.35. The number of ketones is 1. The summed E-state index contributed by atoms with van der Waals surface area (Å²) in [6.45, 7) is 1.17. The second-order valence-electron chi connectivity index (χ2n) is 2.82. The molecule has 0 aliphatic carbocycles. The summed E-state index contributed by atoms with van der Waals surface area (Å²) in [6.07, 6.45) is -2.89. The van der Waals surface area contributed by atoms with Gasteiger partial charge in [-0.15, -0.1) is 0 Å². The van der Waals surface area contributed by atoms with E-state index in [0.717, 1.165) is 12.1 Å². The molecule has 0 aliphatic heterocycles. The van der Waals surface area contributed by atoms with E-state index < -0.39 is 29.3 Å². The number of nitrogens with two attached hydrogens (primary N) is 1. The molecule has 0 atom stereocenters. The summed E-state index contributed by atoms with van der Waals surface area (Å²) in [5, 5.41) is 0. The van der Waals surface area contributed by atoms with Crippen LogP contribution in [0.3, 0.4) is 0 Å². The topological polar surface area (TPSA) is 43.1 Å². The number of hydrogen-bond acceptors (Lipinski definition) is 2. The summed E-state index contributed by atoms with van der Waals surface area (Å²) < 4.78 is 37.5. The van der Waals surface area contributed by atoms with Crippen molar-refractivity contribution in [3.63, 3.8) is 0 Å². The molecule has 5 heteroatoms. The quantitative estimate of drug-likeness (QED) is 0.592. The Balaban J connectivity index is 3.35. The Morgan fingerprint density at radius 2 is 2.00 bits per heavy atom. The van der Waals surface area contributed by atoms with Gasteiger partial charge in [0.05, 0.1) is 5.69 Å². The number of hydrogen-bond donors (Lipinski definition) is 1. The molecule has 0 saturated carbocycles. The SMILES string of the molecule is CC(=O)c1cc(F)c(N)c(C(F)F)c1. The second kappa shape index (κ2) is 3.69. The number of carbonyl (C=O) groups is 1. The van der Waals surface area contributed by atoms with Gasteiger partial charge in [0.1, 0.15) is 5.82 Å². The lowest BCUT2D eigenvalue weighted by Gasteiger charge is -2.07. The van der Waals surface area contributed by atoms with E-state index in [4.69, 9.17) is 5.73 Å². The van der Waals surface area contributed by atoms with Gasteiger partial charge >= 0.3 is 0 Å². The number of halogens is 3. The summed E-state index contributed by atoms with van der Waals surface area (Å²) in [7, 11) is 0. The van der Waals surface area contributed by atoms with E-state index in [0.29, 0.717) is 0 Å². The van der Waals surface area contributed by atoms with E-state index >= 15 is 0 Å². The Morgan fingerprint density at radius 1 is 1.43 bits per heavy atom. The maximum absolute atomic E-state index is 12.9. The molecule has 2 nitrogen and oxygen atoms in total. The Kier molecular flexibility index (Phi) is 2.78. The molecule has 0 aromatic heterocycles. The lowest BCUT2D eigenvalue weighted by atomic mass is 10.1. The van der Waals surface area contributed by atoms with E-state index in [1.54, 1.807) is 0 Å². The molecule has 0 saturated heterocycles. The van der Waals surface area contributed by atoms with Crippen LogP contribution in [-0.4, -0.2) is 5.78 Å². The van der Waals surface area contributed by atoms with Gasteiger partial charge in [0.2, 0.25) is 0 Å². The number of nitrogen functional groups attached to an aromatic ring is 1. The van der Waals surface area contributed by atoms with Crippen LogP contribution in [0.2, 0.25) is 0 Å². The highest BCUT2D eigenvalue weighted by Crippen LogP contribution is 2.28. The molecule has 0 amide bonds. The standard InChI is InChI=1S/C9H8F3NO/c1-4(14)5-2-6(9(11)12)8(13)7(10)3-5/h2-3,9H,13H2,1H3.